The standard InChI is InChI=1S/C22H28N2O5S2/c1-16(2)29-21-9-8-19(31(26,27)24-10-12-28-13-11-24)14-20(21)23-22(25)18-6-4-17(5-7-18)15-30-3/h4-9,14,16H,10-13,15H2,1-3H3,(H,23,25). The first-order chi connectivity index (χ1) is 14.8. The number of hydrogen-bond acceptors (Lipinski definition) is 6. The molecule has 1 fully saturated rings. The molecule has 3 rings (SSSR count). The number of carbonyl (C=O) groups excluding carboxylic acids is 1. The van der Waals surface area contributed by atoms with Crippen molar-refractivity contribution in [1.29, 1.82) is 0 Å². The fourth-order valence-corrected chi connectivity index (χ4v) is 5.13. The predicted octanol–water partition coefficient (Wildman–Crippen LogP) is 3.61. The lowest BCUT2D eigenvalue weighted by Crippen LogP contribution is -2.40. The number of nitrogens with zero attached hydrogens (tertiary/aromatic N) is 1. The van der Waals surface area contributed by atoms with Gasteiger partial charge in [-0.05, 0) is 56.0 Å². The Morgan fingerprint density at radius 2 is 1.84 bits per heavy atom. The lowest BCUT2D eigenvalue weighted by Gasteiger charge is -2.26. The van der Waals surface area contributed by atoms with E-state index in [1.165, 1.54) is 16.4 Å². The van der Waals surface area contributed by atoms with Crippen LogP contribution in [0.5, 0.6) is 5.75 Å². The van der Waals surface area contributed by atoms with E-state index in [4.69, 9.17) is 9.47 Å². The van der Waals surface area contributed by atoms with Gasteiger partial charge in [-0.25, -0.2) is 8.42 Å². The molecule has 1 heterocycles. The zero-order valence-corrected chi connectivity index (χ0v) is 19.6. The van der Waals surface area contributed by atoms with Gasteiger partial charge in [-0.3, -0.25) is 4.79 Å². The van der Waals surface area contributed by atoms with E-state index in [2.05, 4.69) is 5.32 Å². The van der Waals surface area contributed by atoms with Gasteiger partial charge in [0.15, 0.2) is 0 Å². The zero-order chi connectivity index (χ0) is 22.4. The first kappa shape index (κ1) is 23.6. The molecule has 0 bridgehead atoms. The van der Waals surface area contributed by atoms with E-state index in [0.717, 1.165) is 11.3 Å². The van der Waals surface area contributed by atoms with E-state index in [1.54, 1.807) is 30.0 Å². The number of sulfonamides is 1. The van der Waals surface area contributed by atoms with Crippen molar-refractivity contribution in [3.63, 3.8) is 0 Å². The lowest BCUT2D eigenvalue weighted by molar-refractivity contribution is 0.0730. The van der Waals surface area contributed by atoms with Gasteiger partial charge >= 0.3 is 0 Å². The van der Waals surface area contributed by atoms with Gasteiger partial charge in [-0.1, -0.05) is 12.1 Å². The second-order valence-corrected chi connectivity index (χ2v) is 10.2. The van der Waals surface area contributed by atoms with Gasteiger partial charge in [0.1, 0.15) is 5.75 Å². The molecule has 1 N–H and O–H groups in total. The van der Waals surface area contributed by atoms with Crippen molar-refractivity contribution in [2.75, 3.05) is 37.9 Å². The molecule has 1 aliphatic rings. The number of benzene rings is 2. The number of anilines is 1. The highest BCUT2D eigenvalue weighted by molar-refractivity contribution is 7.97. The minimum Gasteiger partial charge on any atom is -0.489 e. The Labute approximate surface area is 188 Å². The largest absolute Gasteiger partial charge is 0.489 e. The third kappa shape index (κ3) is 6.00. The van der Waals surface area contributed by atoms with Crippen LogP contribution >= 0.6 is 11.8 Å². The average molecular weight is 465 g/mol. The van der Waals surface area contributed by atoms with Crippen molar-refractivity contribution < 1.29 is 22.7 Å². The molecule has 9 heteroatoms. The molecule has 0 atom stereocenters. The first-order valence-electron chi connectivity index (χ1n) is 10.1. The van der Waals surface area contributed by atoms with Gasteiger partial charge in [0.25, 0.3) is 5.91 Å². The van der Waals surface area contributed by atoms with Crippen molar-refractivity contribution in [2.24, 2.45) is 0 Å². The van der Waals surface area contributed by atoms with Crippen LogP contribution in [0.15, 0.2) is 47.4 Å². The van der Waals surface area contributed by atoms with Crippen molar-refractivity contribution in [3.05, 3.63) is 53.6 Å². The summed E-state index contributed by atoms with van der Waals surface area (Å²) < 4.78 is 38.5. The van der Waals surface area contributed by atoms with Gasteiger partial charge in [0.2, 0.25) is 10.0 Å². The van der Waals surface area contributed by atoms with Crippen LogP contribution in [-0.4, -0.2) is 57.3 Å². The van der Waals surface area contributed by atoms with E-state index >= 15 is 0 Å². The Hall–Kier alpha value is -2.07. The number of amides is 1. The molecule has 7 nitrogen and oxygen atoms in total. The minimum absolute atomic E-state index is 0.108. The van der Waals surface area contributed by atoms with E-state index < -0.39 is 10.0 Å². The average Bonchev–Trinajstić information content (AvgIpc) is 2.76. The number of nitrogens with one attached hydrogen (secondary N) is 1. The van der Waals surface area contributed by atoms with Crippen LogP contribution in [0.25, 0.3) is 0 Å². The molecule has 0 aromatic heterocycles. The number of rotatable bonds is 8. The van der Waals surface area contributed by atoms with Crippen LogP contribution in [0, 0.1) is 0 Å². The summed E-state index contributed by atoms with van der Waals surface area (Å²) in [4.78, 5) is 12.9. The number of morpholine rings is 1. The maximum atomic E-state index is 13.0. The highest BCUT2D eigenvalue weighted by Crippen LogP contribution is 2.31. The van der Waals surface area contributed by atoms with Gasteiger partial charge in [0.05, 0.1) is 29.9 Å². The molecule has 1 amide bonds. The van der Waals surface area contributed by atoms with Crippen LogP contribution in [0.4, 0.5) is 5.69 Å². The summed E-state index contributed by atoms with van der Waals surface area (Å²) in [5.74, 6) is 0.962. The number of hydrogen-bond donors (Lipinski definition) is 1. The summed E-state index contributed by atoms with van der Waals surface area (Å²) in [6, 6.07) is 11.9. The predicted molar refractivity (Wildman–Crippen MR) is 123 cm³/mol. The number of thioether (sulfide) groups is 1. The van der Waals surface area contributed by atoms with E-state index in [1.807, 2.05) is 32.2 Å². The van der Waals surface area contributed by atoms with E-state index in [-0.39, 0.29) is 16.9 Å². The van der Waals surface area contributed by atoms with Gasteiger partial charge in [0, 0.05) is 24.4 Å². The molecule has 0 saturated carbocycles. The molecule has 168 valence electrons. The van der Waals surface area contributed by atoms with Crippen molar-refractivity contribution >= 4 is 33.4 Å². The van der Waals surface area contributed by atoms with Gasteiger partial charge in [-0.2, -0.15) is 16.1 Å². The molecule has 2 aromatic carbocycles. The Balaban J connectivity index is 1.89. The van der Waals surface area contributed by atoms with Gasteiger partial charge in [-0.15, -0.1) is 0 Å². The summed E-state index contributed by atoms with van der Waals surface area (Å²) in [7, 11) is -3.70. The molecule has 0 aliphatic carbocycles. The smallest absolute Gasteiger partial charge is 0.255 e. The van der Waals surface area contributed by atoms with Gasteiger partial charge < -0.3 is 14.8 Å². The molecule has 2 aromatic rings. The monoisotopic (exact) mass is 464 g/mol. The summed E-state index contributed by atoms with van der Waals surface area (Å²) >= 11 is 1.71. The fourth-order valence-electron chi connectivity index (χ4n) is 3.17. The number of carbonyl (C=O) groups is 1. The summed E-state index contributed by atoms with van der Waals surface area (Å²) in [5.41, 5.74) is 1.94. The van der Waals surface area contributed by atoms with Crippen LogP contribution in [-0.2, 0) is 20.5 Å². The Bertz CT molecular complexity index is 1000. The van der Waals surface area contributed by atoms with Crippen LogP contribution in [0.2, 0.25) is 0 Å². The number of ether oxygens (including phenoxy) is 2. The first-order valence-corrected chi connectivity index (χ1v) is 12.9. The molecule has 1 aliphatic heterocycles. The fraction of sp³-hybridized carbons (Fsp3) is 0.409. The van der Waals surface area contributed by atoms with Crippen molar-refractivity contribution in [2.45, 2.75) is 30.6 Å². The summed E-state index contributed by atoms with van der Waals surface area (Å²) in [6.07, 6.45) is 1.89. The second kappa shape index (κ2) is 10.5. The van der Waals surface area contributed by atoms with Crippen LogP contribution in [0.3, 0.4) is 0 Å². The highest BCUT2D eigenvalue weighted by Gasteiger charge is 2.27. The molecular weight excluding hydrogens is 436 g/mol. The molecule has 31 heavy (non-hydrogen) atoms. The second-order valence-electron chi connectivity index (χ2n) is 7.43. The zero-order valence-electron chi connectivity index (χ0n) is 18.0. The molecular formula is C22H28N2O5S2. The minimum atomic E-state index is -3.70. The Morgan fingerprint density at radius 1 is 1.16 bits per heavy atom. The Kier molecular flexibility index (Phi) is 7.99. The maximum Gasteiger partial charge on any atom is 0.255 e. The SMILES string of the molecule is CSCc1ccc(C(=O)Nc2cc(S(=O)(=O)N3CCOCC3)ccc2OC(C)C)cc1. The molecule has 0 radical (unpaired) electrons. The van der Waals surface area contributed by atoms with E-state index in [9.17, 15) is 13.2 Å². The summed E-state index contributed by atoms with van der Waals surface area (Å²) in [5, 5.41) is 2.82. The highest BCUT2D eigenvalue weighted by atomic mass is 32.2. The summed E-state index contributed by atoms with van der Waals surface area (Å²) in [6.45, 7) is 5.07. The normalized spacial score (nSPS) is 15.1. The molecule has 1 saturated heterocycles. The Morgan fingerprint density at radius 3 is 2.45 bits per heavy atom. The van der Waals surface area contributed by atoms with Crippen LogP contribution in [0.1, 0.15) is 29.8 Å². The molecule has 0 spiro atoms. The topological polar surface area (TPSA) is 84.9 Å². The van der Waals surface area contributed by atoms with Crippen molar-refractivity contribution in [1.82, 2.24) is 4.31 Å². The molecule has 0 unspecified atom stereocenters. The maximum absolute atomic E-state index is 13.0. The van der Waals surface area contributed by atoms with Crippen molar-refractivity contribution in [3.8, 4) is 5.75 Å². The third-order valence-electron chi connectivity index (χ3n) is 4.70. The quantitative estimate of drug-likeness (QED) is 0.642. The lowest BCUT2D eigenvalue weighted by atomic mass is 10.1. The van der Waals surface area contributed by atoms with E-state index in [0.29, 0.717) is 43.3 Å². The van der Waals surface area contributed by atoms with Crippen LogP contribution < -0.4 is 10.1 Å². The third-order valence-corrected chi connectivity index (χ3v) is 7.21.